The normalized spacial score (nSPS) is 8.31. The van der Waals surface area contributed by atoms with E-state index in [1.54, 1.807) is 0 Å². The highest BCUT2D eigenvalue weighted by molar-refractivity contribution is 5.43. The molecule has 0 aliphatic rings. The van der Waals surface area contributed by atoms with Crippen LogP contribution >= 0.6 is 0 Å². The molecule has 1 heterocycles. The molecule has 0 aliphatic heterocycles. The molecule has 0 amide bonds. The van der Waals surface area contributed by atoms with Crippen molar-refractivity contribution in [1.29, 1.82) is 0 Å². The SMILES string of the molecule is C#CC[n+]1cc(C=C)ccc1C.[Br-]. The van der Waals surface area contributed by atoms with Crippen LogP contribution in [-0.4, -0.2) is 0 Å². The second-order valence-electron chi connectivity index (χ2n) is 2.64. The van der Waals surface area contributed by atoms with Gasteiger partial charge in [-0.1, -0.05) is 12.7 Å². The summed E-state index contributed by atoms with van der Waals surface area (Å²) in [5.74, 6) is 2.60. The summed E-state index contributed by atoms with van der Waals surface area (Å²) in [6.45, 7) is 6.35. The quantitative estimate of drug-likeness (QED) is 0.439. The second kappa shape index (κ2) is 5.55. The zero-order chi connectivity index (χ0) is 8.97. The van der Waals surface area contributed by atoms with Crippen LogP contribution in [-0.2, 0) is 6.54 Å². The summed E-state index contributed by atoms with van der Waals surface area (Å²) < 4.78 is 2.02. The van der Waals surface area contributed by atoms with E-state index < -0.39 is 0 Å². The van der Waals surface area contributed by atoms with E-state index in [9.17, 15) is 0 Å². The number of terminal acetylenes is 1. The highest BCUT2D eigenvalue weighted by atomic mass is 79.9. The number of hydrogen-bond donors (Lipinski definition) is 0. The lowest BCUT2D eigenvalue weighted by molar-refractivity contribution is -0.690. The molecule has 0 N–H and O–H groups in total. The number of hydrogen-bond acceptors (Lipinski definition) is 0. The van der Waals surface area contributed by atoms with Crippen LogP contribution in [0.4, 0.5) is 0 Å². The minimum Gasteiger partial charge on any atom is -1.00 e. The van der Waals surface area contributed by atoms with Gasteiger partial charge >= 0.3 is 0 Å². The van der Waals surface area contributed by atoms with Crippen LogP contribution in [0.15, 0.2) is 24.9 Å². The van der Waals surface area contributed by atoms with Gasteiger partial charge in [0.05, 0.1) is 0 Å². The summed E-state index contributed by atoms with van der Waals surface area (Å²) in [6.07, 6.45) is 9.04. The predicted octanol–water partition coefficient (Wildman–Crippen LogP) is -1.44. The summed E-state index contributed by atoms with van der Waals surface area (Å²) in [5.41, 5.74) is 2.26. The van der Waals surface area contributed by atoms with E-state index in [1.165, 1.54) is 5.69 Å². The van der Waals surface area contributed by atoms with Crippen LogP contribution in [0.1, 0.15) is 11.3 Å². The fourth-order valence-corrected chi connectivity index (χ4v) is 1.03. The third-order valence-corrected chi connectivity index (χ3v) is 1.77. The lowest BCUT2D eigenvalue weighted by Crippen LogP contribution is -3.00. The topological polar surface area (TPSA) is 3.88 Å². The first-order valence-electron chi connectivity index (χ1n) is 3.84. The molecule has 68 valence electrons. The van der Waals surface area contributed by atoms with E-state index in [4.69, 9.17) is 6.42 Å². The molecule has 1 aromatic rings. The molecule has 0 atom stereocenters. The standard InChI is InChI=1S/C11H12N.BrH/c1-4-8-12-9-11(5-2)7-6-10(12)3;/h1,5-7,9H,2,8H2,3H3;1H/q+1;/p-1. The first-order valence-corrected chi connectivity index (χ1v) is 3.84. The Morgan fingerprint density at radius 3 is 2.85 bits per heavy atom. The van der Waals surface area contributed by atoms with Crippen LogP contribution in [0, 0.1) is 19.3 Å². The third-order valence-electron chi connectivity index (χ3n) is 1.77. The van der Waals surface area contributed by atoms with Crippen molar-refractivity contribution in [3.05, 3.63) is 36.2 Å². The van der Waals surface area contributed by atoms with Crippen molar-refractivity contribution in [3.63, 3.8) is 0 Å². The van der Waals surface area contributed by atoms with Crippen molar-refractivity contribution in [3.8, 4) is 12.3 Å². The number of pyridine rings is 1. The summed E-state index contributed by atoms with van der Waals surface area (Å²) in [6, 6.07) is 4.06. The Morgan fingerprint density at radius 1 is 1.62 bits per heavy atom. The second-order valence-corrected chi connectivity index (χ2v) is 2.64. The Balaban J connectivity index is 0.00000144. The zero-order valence-corrected chi connectivity index (χ0v) is 9.21. The summed E-state index contributed by atoms with van der Waals surface area (Å²) in [7, 11) is 0. The first kappa shape index (κ1) is 11.9. The van der Waals surface area contributed by atoms with Gasteiger partial charge in [0.1, 0.15) is 0 Å². The van der Waals surface area contributed by atoms with Gasteiger partial charge in [-0.25, -0.2) is 0 Å². The van der Waals surface area contributed by atoms with E-state index in [0.29, 0.717) is 6.54 Å². The predicted molar refractivity (Wildman–Crippen MR) is 50.3 cm³/mol. The molecule has 2 heteroatoms. The van der Waals surface area contributed by atoms with E-state index in [2.05, 4.69) is 12.5 Å². The maximum atomic E-state index is 5.22. The first-order chi connectivity index (χ1) is 5.77. The van der Waals surface area contributed by atoms with E-state index in [-0.39, 0.29) is 17.0 Å². The van der Waals surface area contributed by atoms with Gasteiger partial charge in [-0.2, -0.15) is 4.57 Å². The van der Waals surface area contributed by atoms with Gasteiger partial charge in [0, 0.05) is 18.6 Å². The Hall–Kier alpha value is -1.07. The Bertz CT molecular complexity index is 336. The average molecular weight is 238 g/mol. The number of aryl methyl sites for hydroxylation is 1. The van der Waals surface area contributed by atoms with Crippen LogP contribution in [0.3, 0.4) is 0 Å². The van der Waals surface area contributed by atoms with E-state index in [1.807, 2.05) is 35.9 Å². The van der Waals surface area contributed by atoms with Crippen molar-refractivity contribution in [1.82, 2.24) is 0 Å². The fourth-order valence-electron chi connectivity index (χ4n) is 1.03. The zero-order valence-electron chi connectivity index (χ0n) is 7.63. The molecule has 1 aromatic heterocycles. The maximum absolute atomic E-state index is 5.22. The van der Waals surface area contributed by atoms with Gasteiger partial charge < -0.3 is 17.0 Å². The smallest absolute Gasteiger partial charge is 0.209 e. The molecule has 0 aliphatic carbocycles. The lowest BCUT2D eigenvalue weighted by atomic mass is 10.2. The van der Waals surface area contributed by atoms with Crippen LogP contribution in [0.25, 0.3) is 6.08 Å². The van der Waals surface area contributed by atoms with Gasteiger partial charge in [-0.15, -0.1) is 6.42 Å². The highest BCUT2D eigenvalue weighted by Gasteiger charge is 2.03. The molecule has 0 saturated heterocycles. The van der Waals surface area contributed by atoms with Gasteiger partial charge in [0.25, 0.3) is 0 Å². The average Bonchev–Trinajstić information content (AvgIpc) is 2.09. The van der Waals surface area contributed by atoms with E-state index in [0.717, 1.165) is 5.56 Å². The molecule has 0 spiro atoms. The number of aromatic nitrogens is 1. The van der Waals surface area contributed by atoms with Crippen molar-refractivity contribution < 1.29 is 21.5 Å². The molecule has 0 aromatic carbocycles. The molecule has 0 saturated carbocycles. The fraction of sp³-hybridized carbons (Fsp3) is 0.182. The molecule has 1 rings (SSSR count). The molecule has 0 radical (unpaired) electrons. The molecule has 1 nitrogen and oxygen atoms in total. The Labute approximate surface area is 89.9 Å². The monoisotopic (exact) mass is 237 g/mol. The minimum atomic E-state index is 0. The van der Waals surface area contributed by atoms with E-state index >= 15 is 0 Å². The number of halogens is 1. The summed E-state index contributed by atoms with van der Waals surface area (Å²) in [4.78, 5) is 0. The lowest BCUT2D eigenvalue weighted by Gasteiger charge is -1.96. The highest BCUT2D eigenvalue weighted by Crippen LogP contribution is 1.98. The van der Waals surface area contributed by atoms with Crippen molar-refractivity contribution in [2.75, 3.05) is 0 Å². The summed E-state index contributed by atoms with van der Waals surface area (Å²) in [5, 5.41) is 0. The molecule has 0 unspecified atom stereocenters. The van der Waals surface area contributed by atoms with Crippen LogP contribution in [0.2, 0.25) is 0 Å². The van der Waals surface area contributed by atoms with Crippen molar-refractivity contribution >= 4 is 6.08 Å². The molecule has 0 fully saturated rings. The molecular formula is C11H12BrN. The largest absolute Gasteiger partial charge is 1.00 e. The van der Waals surface area contributed by atoms with Crippen LogP contribution in [0.5, 0.6) is 0 Å². The Morgan fingerprint density at radius 2 is 2.31 bits per heavy atom. The minimum absolute atomic E-state index is 0. The van der Waals surface area contributed by atoms with Gasteiger partial charge in [-0.3, -0.25) is 0 Å². The molecule has 13 heavy (non-hydrogen) atoms. The van der Waals surface area contributed by atoms with Gasteiger partial charge in [0.2, 0.25) is 6.54 Å². The summed E-state index contributed by atoms with van der Waals surface area (Å²) >= 11 is 0. The van der Waals surface area contributed by atoms with Gasteiger partial charge in [-0.05, 0) is 12.0 Å². The number of nitrogens with zero attached hydrogens (tertiary/aromatic N) is 1. The third kappa shape index (κ3) is 3.04. The maximum Gasteiger partial charge on any atom is 0.209 e. The molecule has 0 bridgehead atoms. The van der Waals surface area contributed by atoms with Crippen molar-refractivity contribution in [2.24, 2.45) is 0 Å². The number of rotatable bonds is 2. The Kier molecular flexibility index (Phi) is 5.10. The van der Waals surface area contributed by atoms with Gasteiger partial charge in [0.15, 0.2) is 11.9 Å². The van der Waals surface area contributed by atoms with Crippen LogP contribution < -0.4 is 21.5 Å². The van der Waals surface area contributed by atoms with Crippen molar-refractivity contribution in [2.45, 2.75) is 13.5 Å². The molecular weight excluding hydrogens is 226 g/mol.